The highest BCUT2D eigenvalue weighted by Crippen LogP contribution is 2.10. The standard InChI is InChI=1S/C10H18N6OS/c1-5-13-8(16(3)4)6-14-15-10(17)9(18-12)7(2)11/h5-6H,1,11-12H2,2-4H3,(H,15,17)/b9-7-,13-8?,14-6+. The number of carbonyl (C=O) groups is 1. The van der Waals surface area contributed by atoms with Gasteiger partial charge < -0.3 is 10.6 Å². The van der Waals surface area contributed by atoms with Gasteiger partial charge >= 0.3 is 0 Å². The predicted molar refractivity (Wildman–Crippen MR) is 76.6 cm³/mol. The molecule has 5 N–H and O–H groups in total. The van der Waals surface area contributed by atoms with E-state index in [4.69, 9.17) is 10.9 Å². The van der Waals surface area contributed by atoms with E-state index in [0.717, 1.165) is 11.9 Å². The van der Waals surface area contributed by atoms with E-state index in [1.54, 1.807) is 25.9 Å². The lowest BCUT2D eigenvalue weighted by atomic mass is 10.4. The molecule has 1 amide bonds. The maximum absolute atomic E-state index is 11.6. The highest BCUT2D eigenvalue weighted by atomic mass is 32.2. The van der Waals surface area contributed by atoms with Crippen LogP contribution < -0.4 is 16.3 Å². The molecule has 0 rings (SSSR count). The van der Waals surface area contributed by atoms with Crippen LogP contribution in [0.3, 0.4) is 0 Å². The summed E-state index contributed by atoms with van der Waals surface area (Å²) < 4.78 is 0. The van der Waals surface area contributed by atoms with Crippen molar-refractivity contribution >= 4 is 29.9 Å². The van der Waals surface area contributed by atoms with Crippen molar-refractivity contribution in [1.29, 1.82) is 0 Å². The molecule has 0 saturated carbocycles. The summed E-state index contributed by atoms with van der Waals surface area (Å²) in [6, 6.07) is 0. The van der Waals surface area contributed by atoms with Gasteiger partial charge in [-0.25, -0.2) is 10.4 Å². The molecular weight excluding hydrogens is 252 g/mol. The minimum absolute atomic E-state index is 0.221. The molecule has 0 aliphatic rings. The van der Waals surface area contributed by atoms with E-state index in [0.29, 0.717) is 11.5 Å². The molecule has 7 nitrogen and oxygen atoms in total. The molecule has 0 bridgehead atoms. The number of nitrogens with one attached hydrogen (secondary N) is 1. The minimum atomic E-state index is -0.463. The Labute approximate surface area is 111 Å². The molecule has 0 fully saturated rings. The summed E-state index contributed by atoms with van der Waals surface area (Å²) >= 11 is 0.773. The van der Waals surface area contributed by atoms with E-state index in [-0.39, 0.29) is 4.91 Å². The fourth-order valence-electron chi connectivity index (χ4n) is 0.883. The second-order valence-electron chi connectivity index (χ2n) is 3.39. The van der Waals surface area contributed by atoms with Gasteiger partial charge in [0.25, 0.3) is 5.91 Å². The first-order valence-electron chi connectivity index (χ1n) is 4.96. The number of nitrogens with two attached hydrogens (primary N) is 2. The number of carbonyl (C=O) groups excluding carboxylic acids is 1. The minimum Gasteiger partial charge on any atom is -0.401 e. The number of nitrogens with zero attached hydrogens (tertiary/aromatic N) is 3. The molecule has 0 aromatic carbocycles. The lowest BCUT2D eigenvalue weighted by molar-refractivity contribution is -0.116. The van der Waals surface area contributed by atoms with Crippen molar-refractivity contribution in [2.24, 2.45) is 21.0 Å². The molecule has 0 unspecified atom stereocenters. The Morgan fingerprint density at radius 2 is 2.11 bits per heavy atom. The summed E-state index contributed by atoms with van der Waals surface area (Å²) in [6.45, 7) is 5.07. The Balaban J connectivity index is 4.67. The quantitative estimate of drug-likeness (QED) is 0.214. The number of amidine groups is 1. The van der Waals surface area contributed by atoms with Crippen LogP contribution >= 0.6 is 11.9 Å². The molecule has 0 heterocycles. The van der Waals surface area contributed by atoms with Gasteiger partial charge in [0.2, 0.25) is 0 Å². The monoisotopic (exact) mass is 270 g/mol. The van der Waals surface area contributed by atoms with Gasteiger partial charge in [0.05, 0.1) is 6.21 Å². The zero-order valence-corrected chi connectivity index (χ0v) is 11.5. The van der Waals surface area contributed by atoms with Crippen LogP contribution in [0.2, 0.25) is 0 Å². The van der Waals surface area contributed by atoms with Gasteiger partial charge in [-0.05, 0) is 18.9 Å². The third-order valence-electron chi connectivity index (χ3n) is 1.71. The molecule has 18 heavy (non-hydrogen) atoms. The van der Waals surface area contributed by atoms with Crippen LogP contribution in [-0.2, 0) is 4.79 Å². The second-order valence-corrected chi connectivity index (χ2v) is 4.04. The van der Waals surface area contributed by atoms with Gasteiger partial charge in [-0.1, -0.05) is 6.58 Å². The maximum atomic E-state index is 11.6. The van der Waals surface area contributed by atoms with Crippen molar-refractivity contribution in [1.82, 2.24) is 10.3 Å². The molecule has 0 saturated heterocycles. The zero-order valence-electron chi connectivity index (χ0n) is 10.7. The van der Waals surface area contributed by atoms with Crippen LogP contribution in [0, 0.1) is 0 Å². The van der Waals surface area contributed by atoms with Crippen molar-refractivity contribution < 1.29 is 4.79 Å². The van der Waals surface area contributed by atoms with Crippen LogP contribution in [0.1, 0.15) is 6.92 Å². The number of allylic oxidation sites excluding steroid dienone is 1. The normalized spacial score (nSPS) is 13.2. The van der Waals surface area contributed by atoms with E-state index in [9.17, 15) is 4.79 Å². The molecule has 100 valence electrons. The van der Waals surface area contributed by atoms with Gasteiger partial charge in [0.1, 0.15) is 10.7 Å². The number of amides is 1. The Bertz CT molecular complexity index is 395. The molecule has 8 heteroatoms. The van der Waals surface area contributed by atoms with Crippen molar-refractivity contribution in [3.63, 3.8) is 0 Å². The van der Waals surface area contributed by atoms with E-state index in [1.807, 2.05) is 0 Å². The smallest absolute Gasteiger partial charge is 0.280 e. The van der Waals surface area contributed by atoms with Gasteiger partial charge in [0.15, 0.2) is 0 Å². The van der Waals surface area contributed by atoms with Gasteiger partial charge in [-0.2, -0.15) is 5.10 Å². The van der Waals surface area contributed by atoms with Crippen LogP contribution in [0.15, 0.2) is 33.5 Å². The molecule has 0 aliphatic carbocycles. The van der Waals surface area contributed by atoms with Gasteiger partial charge in [-0.3, -0.25) is 9.93 Å². The number of hydrazone groups is 1. The molecule has 0 aromatic heterocycles. The Morgan fingerprint density at radius 1 is 1.50 bits per heavy atom. The average Bonchev–Trinajstić information content (AvgIpc) is 2.28. The zero-order chi connectivity index (χ0) is 14.1. The number of rotatable bonds is 5. The van der Waals surface area contributed by atoms with Crippen molar-refractivity contribution in [3.8, 4) is 0 Å². The Kier molecular flexibility index (Phi) is 7.48. The van der Waals surface area contributed by atoms with E-state index in [1.165, 1.54) is 12.4 Å². The highest BCUT2D eigenvalue weighted by Gasteiger charge is 2.10. The SMILES string of the molecule is C=CN=C(/C=N/NC(=O)/C(SN)=C(\C)N)N(C)C. The number of hydrogen-bond acceptors (Lipinski definition) is 6. The summed E-state index contributed by atoms with van der Waals surface area (Å²) in [6.07, 6.45) is 2.78. The topological polar surface area (TPSA) is 109 Å². The molecule has 0 atom stereocenters. The summed E-state index contributed by atoms with van der Waals surface area (Å²) in [7, 11) is 3.59. The van der Waals surface area contributed by atoms with Crippen LogP contribution in [-0.4, -0.2) is 37.0 Å². The largest absolute Gasteiger partial charge is 0.401 e. The first-order valence-corrected chi connectivity index (χ1v) is 5.84. The van der Waals surface area contributed by atoms with E-state index >= 15 is 0 Å². The maximum Gasteiger partial charge on any atom is 0.280 e. The number of hydrogen-bond donors (Lipinski definition) is 3. The predicted octanol–water partition coefficient (Wildman–Crippen LogP) is -0.0109. The second kappa shape index (κ2) is 8.31. The van der Waals surface area contributed by atoms with Gasteiger partial charge in [0, 0.05) is 26.0 Å². The Morgan fingerprint density at radius 3 is 2.50 bits per heavy atom. The van der Waals surface area contributed by atoms with Crippen LogP contribution in [0.5, 0.6) is 0 Å². The summed E-state index contributed by atoms with van der Waals surface area (Å²) in [4.78, 5) is 17.5. The Hall–Kier alpha value is -1.80. The van der Waals surface area contributed by atoms with E-state index < -0.39 is 5.91 Å². The molecule has 0 aromatic rings. The third kappa shape index (κ3) is 5.51. The summed E-state index contributed by atoms with van der Waals surface area (Å²) in [5.41, 5.74) is 8.14. The average molecular weight is 270 g/mol. The first kappa shape index (κ1) is 16.2. The van der Waals surface area contributed by atoms with Gasteiger partial charge in [-0.15, -0.1) is 0 Å². The summed E-state index contributed by atoms with van der Waals surface area (Å²) in [5.74, 6) is 0.0798. The lowest BCUT2D eigenvalue weighted by Crippen LogP contribution is -2.26. The van der Waals surface area contributed by atoms with Crippen LogP contribution in [0.4, 0.5) is 0 Å². The van der Waals surface area contributed by atoms with Crippen molar-refractivity contribution in [3.05, 3.63) is 23.4 Å². The third-order valence-corrected chi connectivity index (χ3v) is 2.45. The highest BCUT2D eigenvalue weighted by molar-refractivity contribution is 8.01. The lowest BCUT2D eigenvalue weighted by Gasteiger charge is -2.10. The van der Waals surface area contributed by atoms with Crippen molar-refractivity contribution in [2.75, 3.05) is 14.1 Å². The molecule has 0 aliphatic heterocycles. The molecular formula is C10H18N6OS. The first-order chi connectivity index (χ1) is 8.43. The fraction of sp³-hybridized carbons (Fsp3) is 0.300. The van der Waals surface area contributed by atoms with Crippen LogP contribution in [0.25, 0.3) is 0 Å². The molecule has 0 radical (unpaired) electrons. The number of aliphatic imine (C=N–C) groups is 1. The van der Waals surface area contributed by atoms with Crippen molar-refractivity contribution in [2.45, 2.75) is 6.92 Å². The molecule has 0 spiro atoms. The fourth-order valence-corrected chi connectivity index (χ4v) is 1.22. The van der Waals surface area contributed by atoms with E-state index in [2.05, 4.69) is 22.1 Å². The summed E-state index contributed by atoms with van der Waals surface area (Å²) in [5, 5.41) is 9.08.